The summed E-state index contributed by atoms with van der Waals surface area (Å²) in [4.78, 5) is 0. The molecule has 0 bridgehead atoms. The zero-order chi connectivity index (χ0) is 12.0. The number of phenols is 1. The van der Waals surface area contributed by atoms with Crippen LogP contribution in [0.1, 0.15) is 42.9 Å². The van der Waals surface area contributed by atoms with Crippen LogP contribution in [0.4, 0.5) is 0 Å². The van der Waals surface area contributed by atoms with E-state index in [0.29, 0.717) is 10.8 Å². The van der Waals surface area contributed by atoms with E-state index in [9.17, 15) is 5.11 Å². The molecule has 2 aliphatic rings. The smallest absolute Gasteiger partial charge is 0.139 e. The zero-order valence-corrected chi connectivity index (χ0v) is 10.9. The van der Waals surface area contributed by atoms with Crippen molar-refractivity contribution >= 4 is 11.6 Å². The van der Waals surface area contributed by atoms with Gasteiger partial charge in [0.1, 0.15) is 5.75 Å². The number of fused-ring (bicyclic) bond motifs is 1. The first-order chi connectivity index (χ1) is 8.12. The summed E-state index contributed by atoms with van der Waals surface area (Å²) in [5.74, 6) is 0.296. The average Bonchev–Trinajstić information content (AvgIpc) is 2.92. The Kier molecular flexibility index (Phi) is 2.60. The average molecular weight is 252 g/mol. The maximum absolute atomic E-state index is 10.3. The maximum atomic E-state index is 10.3. The summed E-state index contributed by atoms with van der Waals surface area (Å²) in [6, 6.07) is 2.17. The summed E-state index contributed by atoms with van der Waals surface area (Å²) < 4.78 is 0. The summed E-state index contributed by atoms with van der Waals surface area (Å²) in [5, 5.41) is 14.4. The Hall–Kier alpha value is -0.730. The van der Waals surface area contributed by atoms with E-state index in [0.717, 1.165) is 49.8 Å². The number of rotatable bonds is 1. The first-order valence-electron chi connectivity index (χ1n) is 6.40. The molecule has 1 aromatic carbocycles. The summed E-state index contributed by atoms with van der Waals surface area (Å²) in [7, 11) is 0. The van der Waals surface area contributed by atoms with E-state index >= 15 is 0 Å². The summed E-state index contributed by atoms with van der Waals surface area (Å²) in [5.41, 5.74) is 3.37. The standard InChI is InChI=1S/C14H18ClNO/c1-14(6-3-7-16-14)11-8-9-4-2-5-10(9)12(15)13(11)17/h8,16-17H,2-7H2,1H3. The van der Waals surface area contributed by atoms with Gasteiger partial charge in [-0.25, -0.2) is 0 Å². The number of hydrogen-bond acceptors (Lipinski definition) is 2. The van der Waals surface area contributed by atoms with Crippen LogP contribution in [0, 0.1) is 0 Å². The lowest BCUT2D eigenvalue weighted by atomic mass is 9.87. The molecule has 92 valence electrons. The van der Waals surface area contributed by atoms with E-state index in [4.69, 9.17) is 11.6 Å². The van der Waals surface area contributed by atoms with Crippen LogP contribution < -0.4 is 5.32 Å². The third kappa shape index (κ3) is 1.66. The summed E-state index contributed by atoms with van der Waals surface area (Å²) >= 11 is 6.31. The molecule has 1 aromatic rings. The van der Waals surface area contributed by atoms with Gasteiger partial charge in [-0.1, -0.05) is 11.6 Å². The highest BCUT2D eigenvalue weighted by Gasteiger charge is 2.34. The van der Waals surface area contributed by atoms with E-state index in [1.54, 1.807) is 0 Å². The lowest BCUT2D eigenvalue weighted by Crippen LogP contribution is -2.33. The quantitative estimate of drug-likeness (QED) is 0.804. The number of nitrogens with one attached hydrogen (secondary N) is 1. The normalized spacial score (nSPS) is 27.4. The zero-order valence-electron chi connectivity index (χ0n) is 10.1. The Morgan fingerprint density at radius 3 is 2.88 bits per heavy atom. The van der Waals surface area contributed by atoms with Gasteiger partial charge in [0.05, 0.1) is 5.02 Å². The van der Waals surface area contributed by atoms with Crippen LogP contribution in [0.5, 0.6) is 5.75 Å². The Labute approximate surface area is 107 Å². The van der Waals surface area contributed by atoms with Crippen molar-refractivity contribution in [3.05, 3.63) is 27.8 Å². The molecule has 1 fully saturated rings. The van der Waals surface area contributed by atoms with Crippen molar-refractivity contribution in [2.75, 3.05) is 6.54 Å². The Bertz CT molecular complexity index is 464. The lowest BCUT2D eigenvalue weighted by Gasteiger charge is -2.27. The van der Waals surface area contributed by atoms with Crippen molar-refractivity contribution in [1.82, 2.24) is 5.32 Å². The Balaban J connectivity index is 2.14. The van der Waals surface area contributed by atoms with E-state index < -0.39 is 0 Å². The first-order valence-corrected chi connectivity index (χ1v) is 6.78. The second kappa shape index (κ2) is 3.89. The number of aromatic hydroxyl groups is 1. The van der Waals surface area contributed by atoms with Gasteiger partial charge < -0.3 is 10.4 Å². The van der Waals surface area contributed by atoms with Gasteiger partial charge in [0.25, 0.3) is 0 Å². The molecule has 2 N–H and O–H groups in total. The van der Waals surface area contributed by atoms with Gasteiger partial charge in [-0.15, -0.1) is 0 Å². The predicted molar refractivity (Wildman–Crippen MR) is 69.7 cm³/mol. The lowest BCUT2D eigenvalue weighted by molar-refractivity contribution is 0.394. The van der Waals surface area contributed by atoms with Crippen molar-refractivity contribution < 1.29 is 5.11 Å². The van der Waals surface area contributed by atoms with Crippen LogP contribution in [0.15, 0.2) is 6.07 Å². The number of halogens is 1. The molecule has 1 unspecified atom stereocenters. The second-order valence-electron chi connectivity index (χ2n) is 5.44. The fraction of sp³-hybridized carbons (Fsp3) is 0.571. The summed E-state index contributed by atoms with van der Waals surface area (Å²) in [6.45, 7) is 3.18. The Morgan fingerprint density at radius 2 is 2.18 bits per heavy atom. The molecular formula is C14H18ClNO. The molecular weight excluding hydrogens is 234 g/mol. The molecule has 1 aliphatic carbocycles. The molecule has 0 saturated carbocycles. The minimum atomic E-state index is -0.106. The molecule has 1 saturated heterocycles. The van der Waals surface area contributed by atoms with Crippen molar-refractivity contribution in [2.45, 2.75) is 44.6 Å². The van der Waals surface area contributed by atoms with Gasteiger partial charge in [-0.2, -0.15) is 0 Å². The van der Waals surface area contributed by atoms with E-state index in [1.165, 1.54) is 5.56 Å². The second-order valence-corrected chi connectivity index (χ2v) is 5.82. The van der Waals surface area contributed by atoms with E-state index in [2.05, 4.69) is 18.3 Å². The van der Waals surface area contributed by atoms with Crippen molar-refractivity contribution in [3.8, 4) is 5.75 Å². The number of aryl methyl sites for hydroxylation is 1. The largest absolute Gasteiger partial charge is 0.506 e. The third-order valence-electron chi connectivity index (χ3n) is 4.27. The van der Waals surface area contributed by atoms with Gasteiger partial charge in [0.15, 0.2) is 0 Å². The van der Waals surface area contributed by atoms with Crippen LogP contribution in [0.2, 0.25) is 5.02 Å². The topological polar surface area (TPSA) is 32.3 Å². The molecule has 2 nitrogen and oxygen atoms in total. The van der Waals surface area contributed by atoms with Gasteiger partial charge in [-0.05, 0) is 62.8 Å². The summed E-state index contributed by atoms with van der Waals surface area (Å²) in [6.07, 6.45) is 5.48. The fourth-order valence-electron chi connectivity index (χ4n) is 3.23. The molecule has 0 radical (unpaired) electrons. The first kappa shape index (κ1) is 11.4. The van der Waals surface area contributed by atoms with Crippen molar-refractivity contribution in [2.24, 2.45) is 0 Å². The fourth-order valence-corrected chi connectivity index (χ4v) is 3.54. The Morgan fingerprint density at radius 1 is 1.35 bits per heavy atom. The van der Waals surface area contributed by atoms with Crippen molar-refractivity contribution in [3.63, 3.8) is 0 Å². The molecule has 3 rings (SSSR count). The van der Waals surface area contributed by atoms with Crippen molar-refractivity contribution in [1.29, 1.82) is 0 Å². The SMILES string of the molecule is CC1(c2cc3c(c(Cl)c2O)CCC3)CCCN1. The third-order valence-corrected chi connectivity index (χ3v) is 4.68. The number of phenolic OH excluding ortho intramolecular Hbond substituents is 1. The van der Waals surface area contributed by atoms with Crippen LogP contribution >= 0.6 is 11.6 Å². The van der Waals surface area contributed by atoms with E-state index in [1.807, 2.05) is 0 Å². The molecule has 0 amide bonds. The van der Waals surface area contributed by atoms with Gasteiger partial charge in [0.2, 0.25) is 0 Å². The predicted octanol–water partition coefficient (Wildman–Crippen LogP) is 3.13. The van der Waals surface area contributed by atoms with Gasteiger partial charge >= 0.3 is 0 Å². The molecule has 1 aliphatic heterocycles. The van der Waals surface area contributed by atoms with Gasteiger partial charge in [-0.3, -0.25) is 0 Å². The molecule has 3 heteroatoms. The number of hydrogen-bond donors (Lipinski definition) is 2. The maximum Gasteiger partial charge on any atom is 0.139 e. The molecule has 1 atom stereocenters. The van der Waals surface area contributed by atoms with Crippen LogP contribution in [0.3, 0.4) is 0 Å². The highest BCUT2D eigenvalue weighted by molar-refractivity contribution is 6.33. The van der Waals surface area contributed by atoms with Crippen LogP contribution in [-0.4, -0.2) is 11.7 Å². The minimum Gasteiger partial charge on any atom is -0.506 e. The molecule has 17 heavy (non-hydrogen) atoms. The molecule has 0 spiro atoms. The van der Waals surface area contributed by atoms with Crippen LogP contribution in [-0.2, 0) is 18.4 Å². The van der Waals surface area contributed by atoms with Gasteiger partial charge in [0, 0.05) is 11.1 Å². The van der Waals surface area contributed by atoms with E-state index in [-0.39, 0.29) is 5.54 Å². The monoisotopic (exact) mass is 251 g/mol. The van der Waals surface area contributed by atoms with Crippen LogP contribution in [0.25, 0.3) is 0 Å². The highest BCUT2D eigenvalue weighted by atomic mass is 35.5. The number of benzene rings is 1. The highest BCUT2D eigenvalue weighted by Crippen LogP contribution is 2.44. The molecule has 1 heterocycles. The minimum absolute atomic E-state index is 0.106. The molecule has 0 aromatic heterocycles.